The van der Waals surface area contributed by atoms with Gasteiger partial charge in [0.15, 0.2) is 18.1 Å². The second-order valence-corrected chi connectivity index (χ2v) is 8.46. The van der Waals surface area contributed by atoms with Crippen molar-refractivity contribution in [1.29, 1.82) is 0 Å². The van der Waals surface area contributed by atoms with Crippen LogP contribution in [-0.2, 0) is 11.3 Å². The van der Waals surface area contributed by atoms with Crippen LogP contribution in [0.4, 0.5) is 0 Å². The first-order valence-corrected chi connectivity index (χ1v) is 11.7. The Kier molecular flexibility index (Phi) is 7.55. The molecule has 3 aromatic carbocycles. The summed E-state index contributed by atoms with van der Waals surface area (Å²) in [5.41, 5.74) is 3.93. The average molecular weight is 474 g/mol. The zero-order valence-electron chi connectivity index (χ0n) is 20.6. The molecule has 7 nitrogen and oxygen atoms in total. The van der Waals surface area contributed by atoms with Crippen LogP contribution < -0.4 is 19.5 Å². The second-order valence-electron chi connectivity index (χ2n) is 8.46. The molecule has 1 N–H and O–H groups in total. The van der Waals surface area contributed by atoms with Gasteiger partial charge in [0, 0.05) is 0 Å². The number of aromatic nitrogens is 2. The lowest BCUT2D eigenvalue weighted by Crippen LogP contribution is -2.33. The van der Waals surface area contributed by atoms with Crippen molar-refractivity contribution < 1.29 is 19.0 Å². The van der Waals surface area contributed by atoms with Gasteiger partial charge >= 0.3 is 0 Å². The van der Waals surface area contributed by atoms with Gasteiger partial charge in [0.2, 0.25) is 0 Å². The Balaban J connectivity index is 1.45. The van der Waals surface area contributed by atoms with Crippen LogP contribution >= 0.6 is 0 Å². The highest BCUT2D eigenvalue weighted by Crippen LogP contribution is 2.26. The van der Waals surface area contributed by atoms with Crippen molar-refractivity contribution in [3.8, 4) is 17.2 Å². The van der Waals surface area contributed by atoms with E-state index in [2.05, 4.69) is 9.88 Å². The van der Waals surface area contributed by atoms with Gasteiger partial charge in [-0.05, 0) is 62.2 Å². The number of para-hydroxylation sites is 4. The summed E-state index contributed by atoms with van der Waals surface area (Å²) in [6.45, 7) is 6.80. The number of nitrogens with zero attached hydrogens (tertiary/aromatic N) is 2. The standard InChI is InChI=1S/C28H31N3O4/c1-19-13-14-20(2)26(17-19)35-18-27(32)29-21(3)28-30-22-9-5-6-10-23(22)31(28)15-16-34-25-12-8-7-11-24(25)33-4/h5-14,17,21H,15-16,18H2,1-4H3,(H,29,32). The van der Waals surface area contributed by atoms with Crippen LogP contribution in [-0.4, -0.2) is 35.8 Å². The smallest absolute Gasteiger partial charge is 0.258 e. The Bertz CT molecular complexity index is 1310. The van der Waals surface area contributed by atoms with E-state index in [-0.39, 0.29) is 18.6 Å². The summed E-state index contributed by atoms with van der Waals surface area (Å²) < 4.78 is 19.2. The van der Waals surface area contributed by atoms with Gasteiger partial charge in [-0.3, -0.25) is 4.79 Å². The van der Waals surface area contributed by atoms with Gasteiger partial charge in [0.05, 0.1) is 30.7 Å². The number of carbonyl (C=O) groups excluding carboxylic acids is 1. The Morgan fingerprint density at radius 2 is 1.71 bits per heavy atom. The molecule has 1 unspecified atom stereocenters. The van der Waals surface area contributed by atoms with Gasteiger partial charge in [0.1, 0.15) is 18.2 Å². The van der Waals surface area contributed by atoms with Gasteiger partial charge in [-0.25, -0.2) is 4.98 Å². The van der Waals surface area contributed by atoms with E-state index in [0.29, 0.717) is 30.4 Å². The zero-order valence-corrected chi connectivity index (χ0v) is 20.6. The fraction of sp³-hybridized carbons (Fsp3) is 0.286. The molecule has 1 amide bonds. The number of fused-ring (bicyclic) bond motifs is 1. The third-order valence-corrected chi connectivity index (χ3v) is 5.79. The molecule has 0 aliphatic rings. The molecule has 0 saturated carbocycles. The van der Waals surface area contributed by atoms with Crippen molar-refractivity contribution in [2.24, 2.45) is 0 Å². The zero-order chi connectivity index (χ0) is 24.8. The van der Waals surface area contributed by atoms with E-state index in [0.717, 1.165) is 28.0 Å². The molecule has 0 bridgehead atoms. The molecular weight excluding hydrogens is 442 g/mol. The highest BCUT2D eigenvalue weighted by atomic mass is 16.5. The summed E-state index contributed by atoms with van der Waals surface area (Å²) in [6, 6.07) is 21.1. The van der Waals surface area contributed by atoms with Crippen LogP contribution in [0.15, 0.2) is 66.7 Å². The largest absolute Gasteiger partial charge is 0.493 e. The summed E-state index contributed by atoms with van der Waals surface area (Å²) in [6.07, 6.45) is 0. The molecule has 4 rings (SSSR count). The number of methoxy groups -OCH3 is 1. The molecular formula is C28H31N3O4. The highest BCUT2D eigenvalue weighted by molar-refractivity contribution is 5.79. The lowest BCUT2D eigenvalue weighted by Gasteiger charge is -2.17. The van der Waals surface area contributed by atoms with E-state index in [1.807, 2.05) is 87.5 Å². The number of carbonyl (C=O) groups is 1. The number of hydrogen-bond acceptors (Lipinski definition) is 5. The molecule has 4 aromatic rings. The summed E-state index contributed by atoms with van der Waals surface area (Å²) >= 11 is 0. The number of amides is 1. The number of nitrogens with one attached hydrogen (secondary N) is 1. The first kappa shape index (κ1) is 24.1. The van der Waals surface area contributed by atoms with Crippen LogP contribution in [0, 0.1) is 13.8 Å². The number of benzene rings is 3. The van der Waals surface area contributed by atoms with Crippen molar-refractivity contribution in [3.63, 3.8) is 0 Å². The molecule has 7 heteroatoms. The predicted molar refractivity (Wildman–Crippen MR) is 136 cm³/mol. The topological polar surface area (TPSA) is 74.6 Å². The van der Waals surface area contributed by atoms with Crippen LogP contribution in [0.2, 0.25) is 0 Å². The fourth-order valence-electron chi connectivity index (χ4n) is 4.00. The van der Waals surface area contributed by atoms with Gasteiger partial charge in [0.25, 0.3) is 5.91 Å². The first-order chi connectivity index (χ1) is 17.0. The van der Waals surface area contributed by atoms with E-state index >= 15 is 0 Å². The minimum Gasteiger partial charge on any atom is -0.493 e. The summed E-state index contributed by atoms with van der Waals surface area (Å²) in [5, 5.41) is 3.02. The summed E-state index contributed by atoms with van der Waals surface area (Å²) in [4.78, 5) is 17.5. The maximum atomic E-state index is 12.7. The molecule has 0 radical (unpaired) electrons. The molecule has 182 valence electrons. The Morgan fingerprint density at radius 3 is 2.51 bits per heavy atom. The van der Waals surface area contributed by atoms with Gasteiger partial charge in [-0.15, -0.1) is 0 Å². The SMILES string of the molecule is COc1ccccc1OCCn1c(C(C)NC(=O)COc2cc(C)ccc2C)nc2ccccc21. The van der Waals surface area contributed by atoms with E-state index in [4.69, 9.17) is 19.2 Å². The Hall–Kier alpha value is -4.00. The third kappa shape index (κ3) is 5.74. The van der Waals surface area contributed by atoms with Crippen molar-refractivity contribution in [2.45, 2.75) is 33.4 Å². The quantitative estimate of drug-likeness (QED) is 0.351. The summed E-state index contributed by atoms with van der Waals surface area (Å²) in [7, 11) is 1.62. The number of imidazole rings is 1. The van der Waals surface area contributed by atoms with Crippen molar-refractivity contribution in [1.82, 2.24) is 14.9 Å². The lowest BCUT2D eigenvalue weighted by molar-refractivity contribution is -0.123. The fourth-order valence-corrected chi connectivity index (χ4v) is 4.00. The third-order valence-electron chi connectivity index (χ3n) is 5.79. The van der Waals surface area contributed by atoms with Crippen LogP contribution in [0.25, 0.3) is 11.0 Å². The predicted octanol–water partition coefficient (Wildman–Crippen LogP) is 5.00. The minimum atomic E-state index is -0.316. The molecule has 1 aromatic heterocycles. The molecule has 1 heterocycles. The summed E-state index contributed by atoms with van der Waals surface area (Å²) in [5.74, 6) is 2.64. The van der Waals surface area contributed by atoms with Gasteiger partial charge in [-0.1, -0.05) is 36.4 Å². The molecule has 1 atom stereocenters. The van der Waals surface area contributed by atoms with E-state index < -0.39 is 0 Å². The minimum absolute atomic E-state index is 0.0637. The van der Waals surface area contributed by atoms with Crippen molar-refractivity contribution in [2.75, 3.05) is 20.3 Å². The number of aryl methyl sites for hydroxylation is 2. The van der Waals surface area contributed by atoms with Crippen molar-refractivity contribution in [3.05, 3.63) is 83.7 Å². The molecule has 0 aliphatic heterocycles. The van der Waals surface area contributed by atoms with Crippen LogP contribution in [0.1, 0.15) is 29.9 Å². The van der Waals surface area contributed by atoms with Crippen LogP contribution in [0.5, 0.6) is 17.2 Å². The molecule has 0 aliphatic carbocycles. The lowest BCUT2D eigenvalue weighted by atomic mass is 10.1. The number of ether oxygens (including phenoxy) is 3. The average Bonchev–Trinajstić information content (AvgIpc) is 3.23. The normalized spacial score (nSPS) is 11.8. The molecule has 35 heavy (non-hydrogen) atoms. The van der Waals surface area contributed by atoms with Gasteiger partial charge < -0.3 is 24.1 Å². The maximum absolute atomic E-state index is 12.7. The van der Waals surface area contributed by atoms with E-state index in [1.54, 1.807) is 7.11 Å². The molecule has 0 spiro atoms. The second kappa shape index (κ2) is 11.0. The van der Waals surface area contributed by atoms with Crippen LogP contribution in [0.3, 0.4) is 0 Å². The Morgan fingerprint density at radius 1 is 0.971 bits per heavy atom. The van der Waals surface area contributed by atoms with Gasteiger partial charge in [-0.2, -0.15) is 0 Å². The molecule has 0 fully saturated rings. The Labute approximate surface area is 205 Å². The maximum Gasteiger partial charge on any atom is 0.258 e. The first-order valence-electron chi connectivity index (χ1n) is 11.7. The monoisotopic (exact) mass is 473 g/mol. The highest BCUT2D eigenvalue weighted by Gasteiger charge is 2.19. The molecule has 0 saturated heterocycles. The van der Waals surface area contributed by atoms with Crippen molar-refractivity contribution >= 4 is 16.9 Å². The number of hydrogen-bond donors (Lipinski definition) is 1. The van der Waals surface area contributed by atoms with E-state index in [9.17, 15) is 4.79 Å². The number of rotatable bonds is 10. The van der Waals surface area contributed by atoms with E-state index in [1.165, 1.54) is 0 Å².